The minimum Gasteiger partial charge on any atom is -0.334 e. The van der Waals surface area contributed by atoms with E-state index >= 15 is 0 Å². The van der Waals surface area contributed by atoms with Crippen LogP contribution in [0.25, 0.3) is 0 Å². The van der Waals surface area contributed by atoms with Gasteiger partial charge in [0, 0.05) is 1.34 Å². The van der Waals surface area contributed by atoms with Gasteiger partial charge in [0.2, 0.25) is 0 Å². The summed E-state index contributed by atoms with van der Waals surface area (Å²) in [7, 11) is -1.68. The summed E-state index contributed by atoms with van der Waals surface area (Å²) in [6.07, 6.45) is 0. The first-order chi connectivity index (χ1) is 2.64. The second-order valence-electron chi connectivity index (χ2n) is 0.195. The minimum absolute atomic E-state index is 1.44. The van der Waals surface area contributed by atoms with Gasteiger partial charge in [0.25, 0.3) is 0 Å². The van der Waals surface area contributed by atoms with E-state index in [-0.39, 0.29) is 0 Å². The van der Waals surface area contributed by atoms with Gasteiger partial charge >= 0.3 is 7.24 Å². The van der Waals surface area contributed by atoms with Crippen molar-refractivity contribution in [2.24, 2.45) is 0 Å². The first-order valence-electron chi connectivity index (χ1n) is 1.67. The van der Waals surface area contributed by atoms with Gasteiger partial charge in [0.15, 0.2) is 0 Å². The highest BCUT2D eigenvalue weighted by Crippen LogP contribution is 2.16. The number of hydrogen-bond acceptors (Lipinski definition) is 0. The third kappa shape index (κ3) is 3.15. The number of hydrogen-bond donors (Lipinski definition) is 0. The Morgan fingerprint density at radius 3 is 3.25 bits per heavy atom. The van der Waals surface area contributed by atoms with Crippen molar-refractivity contribution in [3.05, 3.63) is 0 Å². The highest BCUT2D eigenvalue weighted by molar-refractivity contribution is 14.2. The van der Waals surface area contributed by atoms with E-state index in [4.69, 9.17) is 2.61 Å². The van der Waals surface area contributed by atoms with Crippen molar-refractivity contribution < 1.29 is 4.32 Å². The van der Waals surface area contributed by atoms with E-state index in [1.165, 1.54) is 0 Å². The molecule has 1 unspecified atom stereocenters. The molecule has 0 aliphatic carbocycles. The molecule has 0 heterocycles. The van der Waals surface area contributed by atoms with E-state index in [9.17, 15) is 4.32 Å². The molecule has 0 saturated carbocycles. The predicted molar refractivity (Wildman–Crippen MR) is 30.6 cm³/mol. The lowest BCUT2D eigenvalue weighted by Gasteiger charge is -1.58. The standard InChI is InChI=1S/BFH2IP/c2-1-4-3/h1,4H/i1T,4D. The first-order valence-corrected chi connectivity index (χ1v) is 4.39. The van der Waals surface area contributed by atoms with Crippen LogP contribution in [0.15, 0.2) is 0 Å². The van der Waals surface area contributed by atoms with Gasteiger partial charge in [0.1, 0.15) is 0 Å². The van der Waals surface area contributed by atoms with Crippen molar-refractivity contribution in [2.45, 2.75) is 0 Å². The Hall–Kier alpha value is 1.15. The Labute approximate surface area is 42.7 Å². The van der Waals surface area contributed by atoms with Crippen LogP contribution in [0, 0.1) is 0 Å². The molecular formula is H2BFIP. The van der Waals surface area contributed by atoms with E-state index in [1.807, 2.05) is 0 Å². The number of rotatable bonds is 1. The van der Waals surface area contributed by atoms with Gasteiger partial charge in [-0.15, -0.1) is 0 Å². The molecule has 0 nitrogen and oxygen atoms in total. The van der Waals surface area contributed by atoms with Crippen molar-refractivity contribution in [2.75, 3.05) is 0 Å². The van der Waals surface area contributed by atoms with Gasteiger partial charge < -0.3 is 4.32 Å². The summed E-state index contributed by atoms with van der Waals surface area (Å²) in [6, 6.07) is -1.44. The van der Waals surface area contributed by atoms with Crippen molar-refractivity contribution in [3.63, 3.8) is 0 Å². The average molecular weight is 193 g/mol. The molecule has 0 spiro atoms. The zero-order valence-electron chi connectivity index (χ0n) is 3.78. The van der Waals surface area contributed by atoms with E-state index in [1.54, 1.807) is 22.0 Å². The summed E-state index contributed by atoms with van der Waals surface area (Å²) in [5.74, 6) is 0. The summed E-state index contributed by atoms with van der Waals surface area (Å²) >= 11 is 1.60. The Morgan fingerprint density at radius 1 is 3.00 bits per heavy atom. The summed E-state index contributed by atoms with van der Waals surface area (Å²) in [5.41, 5.74) is 0. The molecule has 4 heavy (non-hydrogen) atoms. The average Bonchev–Trinajstić information content (AvgIpc) is 1.36. The quantitative estimate of drug-likeness (QED) is 0.333. The summed E-state index contributed by atoms with van der Waals surface area (Å²) in [4.78, 5) is 0. The molecule has 1 atom stereocenters. The molecule has 0 amide bonds. The van der Waals surface area contributed by atoms with Crippen LogP contribution in [-0.4, -0.2) is 9.85 Å². The molecule has 0 N–H and O–H groups in total. The molecule has 0 saturated heterocycles. The van der Waals surface area contributed by atoms with Crippen LogP contribution in [-0.2, 0) is 0 Å². The van der Waals surface area contributed by atoms with Crippen molar-refractivity contribution >= 4 is 35.3 Å². The zero-order chi connectivity index (χ0) is 5.15. The van der Waals surface area contributed by atoms with Crippen LogP contribution >= 0.6 is 28.1 Å². The minimum atomic E-state index is -1.68. The highest BCUT2D eigenvalue weighted by Gasteiger charge is 1.70. The van der Waals surface area contributed by atoms with Gasteiger partial charge in [-0.05, 0) is 0 Å². The second kappa shape index (κ2) is 4.15. The number of halogens is 2. The maximum Gasteiger partial charge on any atom is 0.365 e. The Morgan fingerprint density at radius 2 is 3.25 bits per heavy atom. The molecule has 0 aliphatic rings. The second-order valence-corrected chi connectivity index (χ2v) is 2.26. The van der Waals surface area contributed by atoms with Gasteiger partial charge in [0.05, 0.1) is 1.28 Å². The summed E-state index contributed by atoms with van der Waals surface area (Å²) < 4.78 is 24.0. The fraction of sp³-hybridized carbons (Fsp3) is 0. The SMILES string of the molecule is [2H]P(I)B([3H])F. The largest absolute Gasteiger partial charge is 0.365 e. The molecule has 0 radical (unpaired) electrons. The summed E-state index contributed by atoms with van der Waals surface area (Å²) in [6.45, 7) is 0. The van der Waals surface area contributed by atoms with Gasteiger partial charge in [-0.2, -0.15) is 0 Å². The van der Waals surface area contributed by atoms with Gasteiger partial charge in [-0.3, -0.25) is 0 Å². The normalized spacial score (nSPS) is 21.5. The van der Waals surface area contributed by atoms with Crippen LogP contribution < -0.4 is 0 Å². The van der Waals surface area contributed by atoms with E-state index in [2.05, 4.69) is 0 Å². The molecule has 0 rings (SSSR count). The lowest BCUT2D eigenvalue weighted by atomic mass is 10.6. The lowest BCUT2D eigenvalue weighted by molar-refractivity contribution is 0.895. The van der Waals surface area contributed by atoms with Crippen molar-refractivity contribution in [3.8, 4) is 0 Å². The summed E-state index contributed by atoms with van der Waals surface area (Å²) in [5, 5.41) is 0. The smallest absolute Gasteiger partial charge is 0.334 e. The fourth-order valence-electron chi connectivity index (χ4n) is 0. The molecule has 4 heteroatoms. The topological polar surface area (TPSA) is 0 Å². The lowest BCUT2D eigenvalue weighted by Crippen LogP contribution is -1.45. The van der Waals surface area contributed by atoms with E-state index < -0.39 is 13.3 Å². The predicted octanol–water partition coefficient (Wildman–Crippen LogP) is 1.25. The zero-order valence-corrected chi connectivity index (χ0v) is 4.83. The third-order valence-electron chi connectivity index (χ3n) is 0.0369. The molecule has 0 bridgehead atoms. The maximum atomic E-state index is 11.3. The Bertz CT molecular complexity index is 34.5. The molecule has 0 fully saturated rings. The molecule has 0 aromatic heterocycles. The van der Waals surface area contributed by atoms with E-state index in [0.29, 0.717) is 0 Å². The molecule has 0 aliphatic heterocycles. The van der Waals surface area contributed by atoms with Crippen LogP contribution in [0.1, 0.15) is 0 Å². The van der Waals surface area contributed by atoms with Crippen molar-refractivity contribution in [1.82, 2.24) is 0 Å². The molecule has 0 aromatic carbocycles. The molecular weight excluding hydrogens is 188 g/mol. The Kier molecular flexibility index (Phi) is 2.44. The van der Waals surface area contributed by atoms with E-state index in [0.717, 1.165) is 0 Å². The van der Waals surface area contributed by atoms with Gasteiger partial charge in [-0.25, -0.2) is 0 Å². The third-order valence-corrected chi connectivity index (χ3v) is 0.742. The molecule has 0 aromatic rings. The van der Waals surface area contributed by atoms with Crippen LogP contribution in [0.5, 0.6) is 0 Å². The van der Waals surface area contributed by atoms with Crippen molar-refractivity contribution in [1.29, 1.82) is 2.61 Å². The van der Waals surface area contributed by atoms with Crippen LogP contribution in [0.4, 0.5) is 4.32 Å². The Balaban J connectivity index is 2.99. The maximum absolute atomic E-state index is 11.3. The molecule has 24 valence electrons. The monoisotopic (exact) mass is 193 g/mol. The fourth-order valence-corrected chi connectivity index (χ4v) is 0. The first kappa shape index (κ1) is 2.35. The van der Waals surface area contributed by atoms with Crippen LogP contribution in [0.2, 0.25) is 0 Å². The van der Waals surface area contributed by atoms with Crippen LogP contribution in [0.3, 0.4) is 0 Å². The van der Waals surface area contributed by atoms with Gasteiger partial charge in [-0.1, -0.05) is 28.1 Å². The highest BCUT2D eigenvalue weighted by atomic mass is 127.